The Morgan fingerprint density at radius 3 is 2.64 bits per heavy atom. The van der Waals surface area contributed by atoms with Crippen molar-refractivity contribution < 1.29 is 4.21 Å². The smallest absolute Gasteiger partial charge is 0.151 e. The van der Waals surface area contributed by atoms with Crippen LogP contribution in [0.5, 0.6) is 0 Å². The lowest BCUT2D eigenvalue weighted by atomic mass is 10.4. The molecule has 0 saturated heterocycles. The molecule has 1 aromatic rings. The number of thioether (sulfide) groups is 1. The number of nitrogens with one attached hydrogen (secondary N) is 1. The van der Waals surface area contributed by atoms with Gasteiger partial charge in [-0.3, -0.25) is 9.62 Å². The van der Waals surface area contributed by atoms with E-state index in [-0.39, 0.29) is 5.17 Å². The summed E-state index contributed by atoms with van der Waals surface area (Å²) in [6, 6.07) is 9.31. The maximum absolute atomic E-state index is 11.6. The molecule has 0 fully saturated rings. The third kappa shape index (κ3) is 3.93. The standard InChI is InChI=1S/C9H12N2OS2/c10-9(11)13-6-7-14(12)8-4-2-1-3-5-8/h1-5H,6-7H2,(H3,10,11). The average molecular weight is 228 g/mol. The Labute approximate surface area is 90.0 Å². The largest absolute Gasteiger partial charge is 0.379 e. The molecule has 0 spiro atoms. The highest BCUT2D eigenvalue weighted by Gasteiger charge is 2.02. The van der Waals surface area contributed by atoms with Crippen molar-refractivity contribution in [1.29, 1.82) is 5.41 Å². The molecule has 14 heavy (non-hydrogen) atoms. The topological polar surface area (TPSA) is 66.9 Å². The van der Waals surface area contributed by atoms with E-state index in [0.717, 1.165) is 4.90 Å². The second-order valence-corrected chi connectivity index (χ2v) is 5.28. The van der Waals surface area contributed by atoms with E-state index < -0.39 is 10.8 Å². The minimum absolute atomic E-state index is 0.0788. The molecule has 3 N–H and O–H groups in total. The SMILES string of the molecule is N=C(N)SCCS(=O)c1ccccc1. The van der Waals surface area contributed by atoms with Crippen LogP contribution < -0.4 is 5.73 Å². The van der Waals surface area contributed by atoms with Crippen LogP contribution in [0.15, 0.2) is 35.2 Å². The lowest BCUT2D eigenvalue weighted by molar-refractivity contribution is 0.684. The molecule has 0 heterocycles. The zero-order valence-corrected chi connectivity index (χ0v) is 9.24. The Morgan fingerprint density at radius 1 is 1.43 bits per heavy atom. The van der Waals surface area contributed by atoms with Crippen molar-refractivity contribution in [3.8, 4) is 0 Å². The molecule has 1 atom stereocenters. The predicted molar refractivity (Wildman–Crippen MR) is 62.1 cm³/mol. The molecule has 3 nitrogen and oxygen atoms in total. The lowest BCUT2D eigenvalue weighted by Crippen LogP contribution is -2.08. The van der Waals surface area contributed by atoms with Gasteiger partial charge in [0.15, 0.2) is 5.17 Å². The van der Waals surface area contributed by atoms with Crippen LogP contribution in [0.4, 0.5) is 0 Å². The van der Waals surface area contributed by atoms with Crippen molar-refractivity contribution in [2.75, 3.05) is 11.5 Å². The number of nitrogens with two attached hydrogens (primary N) is 1. The third-order valence-corrected chi connectivity index (χ3v) is 3.88. The molecule has 0 aliphatic heterocycles. The van der Waals surface area contributed by atoms with Crippen molar-refractivity contribution in [3.05, 3.63) is 30.3 Å². The van der Waals surface area contributed by atoms with E-state index in [2.05, 4.69) is 0 Å². The maximum Gasteiger partial charge on any atom is 0.151 e. The predicted octanol–water partition coefficient (Wildman–Crippen LogP) is 1.42. The number of rotatable bonds is 4. The van der Waals surface area contributed by atoms with Gasteiger partial charge < -0.3 is 5.73 Å². The minimum atomic E-state index is -0.973. The molecule has 0 aromatic heterocycles. The molecular formula is C9H12N2OS2. The van der Waals surface area contributed by atoms with E-state index in [1.54, 1.807) is 0 Å². The summed E-state index contributed by atoms with van der Waals surface area (Å²) < 4.78 is 11.6. The number of benzene rings is 1. The molecule has 0 amide bonds. The zero-order chi connectivity index (χ0) is 10.4. The van der Waals surface area contributed by atoms with Crippen LogP contribution in [0, 0.1) is 5.41 Å². The Hall–Kier alpha value is -0.810. The molecule has 5 heteroatoms. The summed E-state index contributed by atoms with van der Waals surface area (Å²) in [6.45, 7) is 0. The monoisotopic (exact) mass is 228 g/mol. The van der Waals surface area contributed by atoms with E-state index in [9.17, 15) is 4.21 Å². The molecule has 0 aliphatic carbocycles. The first-order valence-electron chi connectivity index (χ1n) is 4.10. The fraction of sp³-hybridized carbons (Fsp3) is 0.222. The first-order chi connectivity index (χ1) is 6.70. The van der Waals surface area contributed by atoms with Crippen LogP contribution in [-0.2, 0) is 10.8 Å². The van der Waals surface area contributed by atoms with Crippen LogP contribution in [0.3, 0.4) is 0 Å². The van der Waals surface area contributed by atoms with Crippen molar-refractivity contribution in [3.63, 3.8) is 0 Å². The van der Waals surface area contributed by atoms with Crippen molar-refractivity contribution >= 4 is 27.7 Å². The summed E-state index contributed by atoms with van der Waals surface area (Å²) in [5.41, 5.74) is 5.16. The normalized spacial score (nSPS) is 12.3. The van der Waals surface area contributed by atoms with Crippen LogP contribution in [-0.4, -0.2) is 20.9 Å². The number of hydrogen-bond donors (Lipinski definition) is 2. The van der Waals surface area contributed by atoms with Crippen molar-refractivity contribution in [2.45, 2.75) is 4.90 Å². The summed E-state index contributed by atoms with van der Waals surface area (Å²) in [5.74, 6) is 1.16. The summed E-state index contributed by atoms with van der Waals surface area (Å²) in [6.07, 6.45) is 0. The molecule has 0 saturated carbocycles. The van der Waals surface area contributed by atoms with E-state index in [1.807, 2.05) is 30.3 Å². The summed E-state index contributed by atoms with van der Waals surface area (Å²) >= 11 is 1.22. The first kappa shape index (κ1) is 11.3. The second-order valence-electron chi connectivity index (χ2n) is 2.58. The van der Waals surface area contributed by atoms with Gasteiger partial charge in [-0.1, -0.05) is 30.0 Å². The van der Waals surface area contributed by atoms with Gasteiger partial charge in [-0.2, -0.15) is 0 Å². The average Bonchev–Trinajstić information content (AvgIpc) is 2.18. The van der Waals surface area contributed by atoms with E-state index in [0.29, 0.717) is 11.5 Å². The van der Waals surface area contributed by atoms with Crippen LogP contribution in [0.25, 0.3) is 0 Å². The van der Waals surface area contributed by atoms with Gasteiger partial charge in [0, 0.05) is 16.4 Å². The van der Waals surface area contributed by atoms with Gasteiger partial charge in [0.1, 0.15) is 0 Å². The van der Waals surface area contributed by atoms with Crippen molar-refractivity contribution in [1.82, 2.24) is 0 Å². The zero-order valence-electron chi connectivity index (χ0n) is 7.60. The van der Waals surface area contributed by atoms with E-state index in [1.165, 1.54) is 11.8 Å². The molecule has 0 radical (unpaired) electrons. The molecule has 1 aromatic carbocycles. The fourth-order valence-electron chi connectivity index (χ4n) is 0.917. The van der Waals surface area contributed by atoms with Gasteiger partial charge in [-0.05, 0) is 12.1 Å². The molecule has 76 valence electrons. The summed E-state index contributed by atoms with van der Waals surface area (Å²) in [5, 5.41) is 7.06. The molecule has 0 aliphatic rings. The van der Waals surface area contributed by atoms with Gasteiger partial charge in [-0.25, -0.2) is 0 Å². The molecule has 1 unspecified atom stereocenters. The highest BCUT2D eigenvalue weighted by atomic mass is 32.2. The molecule has 0 bridgehead atoms. The third-order valence-electron chi connectivity index (χ3n) is 1.53. The first-order valence-corrected chi connectivity index (χ1v) is 6.41. The van der Waals surface area contributed by atoms with Gasteiger partial charge >= 0.3 is 0 Å². The van der Waals surface area contributed by atoms with E-state index in [4.69, 9.17) is 11.1 Å². The highest BCUT2D eigenvalue weighted by molar-refractivity contribution is 8.14. The second kappa shape index (κ2) is 5.82. The summed E-state index contributed by atoms with van der Waals surface area (Å²) in [7, 11) is -0.973. The number of amidine groups is 1. The quantitative estimate of drug-likeness (QED) is 0.605. The fourth-order valence-corrected chi connectivity index (χ4v) is 2.77. The van der Waals surface area contributed by atoms with Crippen molar-refractivity contribution in [2.24, 2.45) is 5.73 Å². The maximum atomic E-state index is 11.6. The van der Waals surface area contributed by atoms with Gasteiger partial charge in [0.2, 0.25) is 0 Å². The Balaban J connectivity index is 2.40. The van der Waals surface area contributed by atoms with E-state index >= 15 is 0 Å². The lowest BCUT2D eigenvalue weighted by Gasteiger charge is -2.00. The van der Waals surface area contributed by atoms with Crippen LogP contribution in [0.1, 0.15) is 0 Å². The molecule has 1 rings (SSSR count). The summed E-state index contributed by atoms with van der Waals surface area (Å²) in [4.78, 5) is 0.830. The van der Waals surface area contributed by atoms with Gasteiger partial charge in [0.25, 0.3) is 0 Å². The Morgan fingerprint density at radius 2 is 2.07 bits per heavy atom. The Kier molecular flexibility index (Phi) is 4.69. The molecular weight excluding hydrogens is 216 g/mol. The van der Waals surface area contributed by atoms with Crippen LogP contribution >= 0.6 is 11.8 Å². The van der Waals surface area contributed by atoms with Gasteiger partial charge in [-0.15, -0.1) is 0 Å². The van der Waals surface area contributed by atoms with Gasteiger partial charge in [0.05, 0.1) is 10.8 Å². The minimum Gasteiger partial charge on any atom is -0.379 e. The Bertz CT molecular complexity index is 327. The van der Waals surface area contributed by atoms with Crippen LogP contribution in [0.2, 0.25) is 0 Å². The number of hydrogen-bond acceptors (Lipinski definition) is 3. The highest BCUT2D eigenvalue weighted by Crippen LogP contribution is 2.07.